The van der Waals surface area contributed by atoms with Crippen LogP contribution in [0.3, 0.4) is 0 Å². The number of imidazole rings is 1. The largest absolute Gasteiger partial charge is 0.497 e. The zero-order valence-corrected chi connectivity index (χ0v) is 18.3. The summed E-state index contributed by atoms with van der Waals surface area (Å²) in [5, 5.41) is 7.44. The molecule has 1 N–H and O–H groups in total. The molecule has 0 spiro atoms. The molecule has 3 heterocycles. The van der Waals surface area contributed by atoms with Crippen LogP contribution in [0.1, 0.15) is 21.6 Å². The van der Waals surface area contributed by atoms with E-state index < -0.39 is 0 Å². The molecule has 0 unspecified atom stereocenters. The van der Waals surface area contributed by atoms with Gasteiger partial charge in [-0.25, -0.2) is 9.67 Å². The number of amides is 1. The maximum atomic E-state index is 13.1. The highest BCUT2D eigenvalue weighted by Crippen LogP contribution is 2.26. The summed E-state index contributed by atoms with van der Waals surface area (Å²) in [6.07, 6.45) is 6.80. The number of aromatic nitrogens is 5. The van der Waals surface area contributed by atoms with Crippen LogP contribution in [-0.4, -0.2) is 37.2 Å². The zero-order chi connectivity index (χ0) is 22.8. The molecular formula is C25H22N6O2. The van der Waals surface area contributed by atoms with Crippen LogP contribution in [0.2, 0.25) is 0 Å². The lowest BCUT2D eigenvalue weighted by atomic mass is 10.1. The fourth-order valence-corrected chi connectivity index (χ4v) is 3.68. The van der Waals surface area contributed by atoms with Crippen molar-refractivity contribution in [3.63, 3.8) is 0 Å². The molecule has 0 radical (unpaired) electrons. The highest BCUT2D eigenvalue weighted by Gasteiger charge is 2.21. The number of hydrogen-bond donors (Lipinski definition) is 1. The van der Waals surface area contributed by atoms with Crippen LogP contribution in [0.4, 0.5) is 0 Å². The molecule has 0 atom stereocenters. The van der Waals surface area contributed by atoms with Gasteiger partial charge >= 0.3 is 0 Å². The van der Waals surface area contributed by atoms with E-state index in [1.54, 1.807) is 36.6 Å². The summed E-state index contributed by atoms with van der Waals surface area (Å²) >= 11 is 0. The number of ether oxygens (including phenoxy) is 1. The number of fused-ring (bicyclic) bond motifs is 1. The lowest BCUT2D eigenvalue weighted by molar-refractivity contribution is 0.0948. The third-order valence-corrected chi connectivity index (χ3v) is 5.41. The minimum atomic E-state index is -0.264. The fourth-order valence-electron chi connectivity index (χ4n) is 3.68. The van der Waals surface area contributed by atoms with E-state index >= 15 is 0 Å². The number of nitrogens with zero attached hydrogens (tertiary/aromatic N) is 5. The number of aryl methyl sites for hydroxylation is 1. The zero-order valence-electron chi connectivity index (χ0n) is 18.3. The van der Waals surface area contributed by atoms with Gasteiger partial charge in [0.1, 0.15) is 11.4 Å². The van der Waals surface area contributed by atoms with Gasteiger partial charge in [-0.3, -0.25) is 14.2 Å². The Hall–Kier alpha value is -4.46. The van der Waals surface area contributed by atoms with E-state index in [0.29, 0.717) is 23.6 Å². The Morgan fingerprint density at radius 1 is 1.09 bits per heavy atom. The summed E-state index contributed by atoms with van der Waals surface area (Å²) in [6.45, 7) is 2.44. The summed E-state index contributed by atoms with van der Waals surface area (Å²) in [7, 11) is 1.62. The van der Waals surface area contributed by atoms with Gasteiger partial charge < -0.3 is 10.1 Å². The minimum Gasteiger partial charge on any atom is -0.497 e. The monoisotopic (exact) mass is 438 g/mol. The number of rotatable bonds is 6. The van der Waals surface area contributed by atoms with Gasteiger partial charge in [0.25, 0.3) is 5.91 Å². The number of hydrogen-bond acceptors (Lipinski definition) is 5. The molecule has 0 aliphatic heterocycles. The lowest BCUT2D eigenvalue weighted by Crippen LogP contribution is -2.23. The summed E-state index contributed by atoms with van der Waals surface area (Å²) < 4.78 is 8.97. The van der Waals surface area contributed by atoms with Crippen molar-refractivity contribution >= 4 is 11.4 Å². The first kappa shape index (κ1) is 20.4. The summed E-state index contributed by atoms with van der Waals surface area (Å²) in [5.74, 6) is 1.05. The van der Waals surface area contributed by atoms with Gasteiger partial charge in [-0.05, 0) is 30.7 Å². The van der Waals surface area contributed by atoms with Gasteiger partial charge in [0.15, 0.2) is 11.5 Å². The number of methoxy groups -OCH3 is 1. The topological polar surface area (TPSA) is 86.3 Å². The van der Waals surface area contributed by atoms with Crippen molar-refractivity contribution in [3.05, 3.63) is 96.2 Å². The molecule has 2 aromatic carbocycles. The van der Waals surface area contributed by atoms with E-state index in [1.165, 1.54) is 5.56 Å². The Kier molecular flexibility index (Phi) is 5.32. The third kappa shape index (κ3) is 3.94. The smallest absolute Gasteiger partial charge is 0.272 e. The van der Waals surface area contributed by atoms with Crippen molar-refractivity contribution in [2.24, 2.45) is 0 Å². The van der Waals surface area contributed by atoms with Crippen molar-refractivity contribution in [1.82, 2.24) is 29.5 Å². The van der Waals surface area contributed by atoms with Crippen molar-refractivity contribution in [1.29, 1.82) is 0 Å². The van der Waals surface area contributed by atoms with Crippen molar-refractivity contribution in [3.8, 4) is 23.0 Å². The van der Waals surface area contributed by atoms with Gasteiger partial charge in [0.2, 0.25) is 0 Å². The van der Waals surface area contributed by atoms with Crippen LogP contribution >= 0.6 is 0 Å². The maximum Gasteiger partial charge on any atom is 0.272 e. The van der Waals surface area contributed by atoms with Crippen molar-refractivity contribution in [2.75, 3.05) is 7.11 Å². The van der Waals surface area contributed by atoms with Crippen molar-refractivity contribution in [2.45, 2.75) is 13.5 Å². The second-order valence-corrected chi connectivity index (χ2v) is 7.61. The first-order valence-electron chi connectivity index (χ1n) is 10.5. The van der Waals surface area contributed by atoms with E-state index in [1.807, 2.05) is 65.9 Å². The summed E-state index contributed by atoms with van der Waals surface area (Å²) in [5.41, 5.74) is 4.68. The van der Waals surface area contributed by atoms with E-state index in [-0.39, 0.29) is 5.91 Å². The van der Waals surface area contributed by atoms with Crippen LogP contribution in [0.25, 0.3) is 22.7 Å². The van der Waals surface area contributed by atoms with Gasteiger partial charge in [0, 0.05) is 25.0 Å². The molecule has 5 rings (SSSR count). The first-order chi connectivity index (χ1) is 16.1. The molecule has 3 aromatic heterocycles. The van der Waals surface area contributed by atoms with E-state index in [4.69, 9.17) is 9.72 Å². The number of carbonyl (C=O) groups is 1. The van der Waals surface area contributed by atoms with E-state index in [0.717, 1.165) is 22.7 Å². The number of carbonyl (C=O) groups excluding carboxylic acids is 1. The quantitative estimate of drug-likeness (QED) is 0.435. The molecule has 0 saturated heterocycles. The van der Waals surface area contributed by atoms with Gasteiger partial charge in [-0.1, -0.05) is 35.9 Å². The molecule has 164 valence electrons. The van der Waals surface area contributed by atoms with Gasteiger partial charge in [-0.2, -0.15) is 5.10 Å². The predicted molar refractivity (Wildman–Crippen MR) is 124 cm³/mol. The molecule has 0 aliphatic rings. The molecule has 1 amide bonds. The molecule has 0 fully saturated rings. The molecule has 0 aliphatic carbocycles. The molecule has 5 aromatic rings. The van der Waals surface area contributed by atoms with Gasteiger partial charge in [-0.15, -0.1) is 0 Å². The average Bonchev–Trinajstić information content (AvgIpc) is 3.48. The third-order valence-electron chi connectivity index (χ3n) is 5.41. The second kappa shape index (κ2) is 8.58. The summed E-state index contributed by atoms with van der Waals surface area (Å²) in [6, 6.07) is 17.5. The second-order valence-electron chi connectivity index (χ2n) is 7.61. The lowest BCUT2D eigenvalue weighted by Gasteiger charge is -2.08. The standard InChI is InChI=1S/C25H22N6O2/c1-17-6-8-18(9-7-17)15-27-25(32)23-22-16-26-12-13-30(22)24(29-23)21-10-11-28-31(21)19-4-3-5-20(14-19)33-2/h3-14,16H,15H2,1-2H3,(H,27,32). The molecular weight excluding hydrogens is 416 g/mol. The first-order valence-corrected chi connectivity index (χ1v) is 10.5. The Bertz CT molecular complexity index is 1440. The van der Waals surface area contributed by atoms with Crippen LogP contribution < -0.4 is 10.1 Å². The highest BCUT2D eigenvalue weighted by molar-refractivity contribution is 5.99. The fraction of sp³-hybridized carbons (Fsp3) is 0.120. The molecule has 0 bridgehead atoms. The Morgan fingerprint density at radius 2 is 1.94 bits per heavy atom. The summed E-state index contributed by atoms with van der Waals surface area (Å²) in [4.78, 5) is 22.0. The SMILES string of the molecule is COc1cccc(-n2nccc2-c2nc(C(=O)NCc3ccc(C)cc3)c3cnccn23)c1. The minimum absolute atomic E-state index is 0.264. The molecule has 8 heteroatoms. The van der Waals surface area contributed by atoms with E-state index in [2.05, 4.69) is 15.4 Å². The molecule has 33 heavy (non-hydrogen) atoms. The molecule has 8 nitrogen and oxygen atoms in total. The van der Waals surface area contributed by atoms with Crippen LogP contribution in [0, 0.1) is 6.92 Å². The highest BCUT2D eigenvalue weighted by atomic mass is 16.5. The predicted octanol–water partition coefficient (Wildman–Crippen LogP) is 3.83. The number of benzene rings is 2. The number of nitrogens with one attached hydrogen (secondary N) is 1. The Labute approximate surface area is 190 Å². The van der Waals surface area contributed by atoms with Crippen molar-refractivity contribution < 1.29 is 9.53 Å². The van der Waals surface area contributed by atoms with Crippen LogP contribution in [-0.2, 0) is 6.54 Å². The van der Waals surface area contributed by atoms with Gasteiger partial charge in [0.05, 0.1) is 30.7 Å². The van der Waals surface area contributed by atoms with Crippen LogP contribution in [0.5, 0.6) is 5.75 Å². The maximum absolute atomic E-state index is 13.1. The Balaban J connectivity index is 1.52. The average molecular weight is 438 g/mol. The normalized spacial score (nSPS) is 11.0. The van der Waals surface area contributed by atoms with E-state index in [9.17, 15) is 4.79 Å². The van der Waals surface area contributed by atoms with Crippen LogP contribution in [0.15, 0.2) is 79.4 Å². The molecule has 0 saturated carbocycles. The Morgan fingerprint density at radius 3 is 2.76 bits per heavy atom.